The molecular formula is C42H36BNO3. The third-order valence-corrected chi connectivity index (χ3v) is 9.73. The number of anilines is 3. The highest BCUT2D eigenvalue weighted by molar-refractivity contribution is 6.62. The number of fused-ring (bicyclic) bond motifs is 3. The maximum atomic E-state index is 6.39. The number of hydrogen-bond donors (Lipinski definition) is 0. The average molecular weight is 614 g/mol. The third-order valence-electron chi connectivity index (χ3n) is 9.73. The maximum Gasteiger partial charge on any atom is 0.494 e. The summed E-state index contributed by atoms with van der Waals surface area (Å²) in [6.45, 7) is 8.33. The average Bonchev–Trinajstić information content (AvgIpc) is 3.57. The Kier molecular flexibility index (Phi) is 7.05. The minimum Gasteiger partial charge on any atom is -0.456 e. The summed E-state index contributed by atoms with van der Waals surface area (Å²) in [5.74, 6) is 0. The van der Waals surface area contributed by atoms with Crippen molar-refractivity contribution in [3.05, 3.63) is 146 Å². The molecule has 2 heterocycles. The highest BCUT2D eigenvalue weighted by Gasteiger charge is 2.51. The molecule has 5 heteroatoms. The molecule has 0 unspecified atom stereocenters. The number of furan rings is 1. The molecule has 7 aromatic rings. The molecule has 0 atom stereocenters. The summed E-state index contributed by atoms with van der Waals surface area (Å²) in [6.07, 6.45) is 0. The quantitative estimate of drug-likeness (QED) is 0.175. The molecule has 47 heavy (non-hydrogen) atoms. The fourth-order valence-electron chi connectivity index (χ4n) is 6.36. The Morgan fingerprint density at radius 2 is 0.872 bits per heavy atom. The monoisotopic (exact) mass is 613 g/mol. The smallest absolute Gasteiger partial charge is 0.456 e. The zero-order valence-electron chi connectivity index (χ0n) is 27.1. The van der Waals surface area contributed by atoms with Gasteiger partial charge in [-0.1, -0.05) is 97.1 Å². The number of nitrogens with zero attached hydrogens (tertiary/aromatic N) is 1. The van der Waals surface area contributed by atoms with Crippen LogP contribution in [0, 0.1) is 0 Å². The Bertz CT molecular complexity index is 2090. The van der Waals surface area contributed by atoms with E-state index in [0.29, 0.717) is 0 Å². The van der Waals surface area contributed by atoms with Crippen molar-refractivity contribution in [2.75, 3.05) is 4.90 Å². The second-order valence-electron chi connectivity index (χ2n) is 13.3. The van der Waals surface area contributed by atoms with Crippen molar-refractivity contribution in [3.8, 4) is 22.3 Å². The van der Waals surface area contributed by atoms with Crippen LogP contribution >= 0.6 is 0 Å². The van der Waals surface area contributed by atoms with Gasteiger partial charge in [-0.05, 0) is 104 Å². The molecular weight excluding hydrogens is 577 g/mol. The van der Waals surface area contributed by atoms with Crippen LogP contribution in [0.5, 0.6) is 0 Å². The summed E-state index contributed by atoms with van der Waals surface area (Å²) in [5, 5.41) is 2.08. The van der Waals surface area contributed by atoms with E-state index in [0.717, 1.165) is 44.5 Å². The zero-order valence-corrected chi connectivity index (χ0v) is 27.1. The number of benzene rings is 6. The van der Waals surface area contributed by atoms with Crippen molar-refractivity contribution in [2.45, 2.75) is 38.9 Å². The Morgan fingerprint density at radius 3 is 1.38 bits per heavy atom. The first-order chi connectivity index (χ1) is 22.8. The molecule has 1 saturated heterocycles. The summed E-state index contributed by atoms with van der Waals surface area (Å²) in [4.78, 5) is 2.31. The van der Waals surface area contributed by atoms with E-state index in [1.807, 2.05) is 24.3 Å². The van der Waals surface area contributed by atoms with Gasteiger partial charge >= 0.3 is 7.12 Å². The molecule has 0 spiro atoms. The van der Waals surface area contributed by atoms with E-state index in [9.17, 15) is 0 Å². The summed E-state index contributed by atoms with van der Waals surface area (Å²) in [5.41, 5.74) is 9.77. The van der Waals surface area contributed by atoms with E-state index < -0.39 is 18.3 Å². The Balaban J connectivity index is 1.22. The highest BCUT2D eigenvalue weighted by atomic mass is 16.7. The standard InChI is InChI=1S/C42H36BNO3/c1-41(2)42(3,4)47-43(46-41)33-19-25-39-37(27-33)38-28-36(24-26-40(38)45-39)44(34-20-15-31(16-21-34)29-11-7-5-8-12-29)35-22-17-32(18-23-35)30-13-9-6-10-14-30/h5-28H,1-4H3. The summed E-state index contributed by atoms with van der Waals surface area (Å²) in [7, 11) is -0.444. The Labute approximate surface area is 276 Å². The predicted octanol–water partition coefficient (Wildman–Crippen LogP) is 10.7. The summed E-state index contributed by atoms with van der Waals surface area (Å²) in [6, 6.07) is 51.2. The van der Waals surface area contributed by atoms with Crippen LogP contribution in [0.3, 0.4) is 0 Å². The molecule has 0 N–H and O–H groups in total. The molecule has 8 rings (SSSR count). The van der Waals surface area contributed by atoms with E-state index in [2.05, 4.69) is 154 Å². The molecule has 1 aromatic heterocycles. The highest BCUT2D eigenvalue weighted by Crippen LogP contribution is 2.41. The molecule has 0 radical (unpaired) electrons. The van der Waals surface area contributed by atoms with Crippen molar-refractivity contribution >= 4 is 51.6 Å². The van der Waals surface area contributed by atoms with Crippen LogP contribution in [0.25, 0.3) is 44.2 Å². The molecule has 230 valence electrons. The Morgan fingerprint density at radius 1 is 0.447 bits per heavy atom. The van der Waals surface area contributed by atoms with Gasteiger partial charge in [-0.2, -0.15) is 0 Å². The molecule has 0 saturated carbocycles. The first-order valence-corrected chi connectivity index (χ1v) is 16.2. The first kappa shape index (κ1) is 29.3. The lowest BCUT2D eigenvalue weighted by molar-refractivity contribution is 0.00578. The fourth-order valence-corrected chi connectivity index (χ4v) is 6.36. The van der Waals surface area contributed by atoms with Crippen LogP contribution in [0.2, 0.25) is 0 Å². The van der Waals surface area contributed by atoms with Crippen LogP contribution in [0.4, 0.5) is 17.1 Å². The molecule has 1 aliphatic heterocycles. The van der Waals surface area contributed by atoms with Gasteiger partial charge in [0, 0.05) is 27.8 Å². The zero-order chi connectivity index (χ0) is 32.2. The molecule has 1 aliphatic rings. The molecule has 1 fully saturated rings. The van der Waals surface area contributed by atoms with Gasteiger partial charge < -0.3 is 18.6 Å². The van der Waals surface area contributed by atoms with Gasteiger partial charge in [0.25, 0.3) is 0 Å². The van der Waals surface area contributed by atoms with Crippen molar-refractivity contribution in [1.82, 2.24) is 0 Å². The Hall–Kier alpha value is -5.10. The van der Waals surface area contributed by atoms with Gasteiger partial charge in [0.2, 0.25) is 0 Å². The molecule has 0 bridgehead atoms. The van der Waals surface area contributed by atoms with Crippen molar-refractivity contribution in [2.24, 2.45) is 0 Å². The normalized spacial score (nSPS) is 15.4. The SMILES string of the molecule is CC1(C)OB(c2ccc3oc4ccc(N(c5ccc(-c6ccccc6)cc5)c5ccc(-c6ccccc6)cc5)cc4c3c2)OC1(C)C. The van der Waals surface area contributed by atoms with Crippen molar-refractivity contribution in [1.29, 1.82) is 0 Å². The van der Waals surface area contributed by atoms with Gasteiger partial charge in [0.15, 0.2) is 0 Å². The third kappa shape index (κ3) is 5.32. The van der Waals surface area contributed by atoms with Gasteiger partial charge in [-0.3, -0.25) is 0 Å². The van der Waals surface area contributed by atoms with Gasteiger partial charge in [0.1, 0.15) is 11.2 Å². The number of rotatable bonds is 6. The van der Waals surface area contributed by atoms with E-state index in [1.165, 1.54) is 22.3 Å². The minimum atomic E-state index is -0.444. The predicted molar refractivity (Wildman–Crippen MR) is 195 cm³/mol. The minimum absolute atomic E-state index is 0.412. The first-order valence-electron chi connectivity index (χ1n) is 16.2. The lowest BCUT2D eigenvalue weighted by Gasteiger charge is -2.32. The second-order valence-corrected chi connectivity index (χ2v) is 13.3. The van der Waals surface area contributed by atoms with Gasteiger partial charge in [-0.15, -0.1) is 0 Å². The van der Waals surface area contributed by atoms with E-state index >= 15 is 0 Å². The summed E-state index contributed by atoms with van der Waals surface area (Å²) < 4.78 is 19.1. The van der Waals surface area contributed by atoms with Crippen LogP contribution in [0.1, 0.15) is 27.7 Å². The van der Waals surface area contributed by atoms with Crippen LogP contribution in [0.15, 0.2) is 150 Å². The van der Waals surface area contributed by atoms with Gasteiger partial charge in [0.05, 0.1) is 11.2 Å². The van der Waals surface area contributed by atoms with Gasteiger partial charge in [-0.25, -0.2) is 0 Å². The molecule has 6 aromatic carbocycles. The maximum absolute atomic E-state index is 6.39. The van der Waals surface area contributed by atoms with Crippen LogP contribution in [-0.2, 0) is 9.31 Å². The van der Waals surface area contributed by atoms with Crippen LogP contribution in [-0.4, -0.2) is 18.3 Å². The second kappa shape index (κ2) is 11.3. The van der Waals surface area contributed by atoms with E-state index in [-0.39, 0.29) is 0 Å². The fraction of sp³-hybridized carbons (Fsp3) is 0.143. The topological polar surface area (TPSA) is 34.8 Å². The lowest BCUT2D eigenvalue weighted by atomic mass is 9.78. The molecule has 0 amide bonds. The van der Waals surface area contributed by atoms with Crippen LogP contribution < -0.4 is 10.4 Å². The summed E-state index contributed by atoms with van der Waals surface area (Å²) >= 11 is 0. The number of hydrogen-bond acceptors (Lipinski definition) is 4. The lowest BCUT2D eigenvalue weighted by Crippen LogP contribution is -2.41. The van der Waals surface area contributed by atoms with E-state index in [4.69, 9.17) is 13.7 Å². The van der Waals surface area contributed by atoms with Crippen molar-refractivity contribution < 1.29 is 13.7 Å². The molecule has 4 nitrogen and oxygen atoms in total. The van der Waals surface area contributed by atoms with E-state index in [1.54, 1.807) is 0 Å². The van der Waals surface area contributed by atoms with Crippen molar-refractivity contribution in [3.63, 3.8) is 0 Å². The largest absolute Gasteiger partial charge is 0.494 e. The molecule has 0 aliphatic carbocycles.